The molecule has 1 heterocycles. The normalized spacial score (nSPS) is 16.3. The fraction of sp³-hybridized carbons (Fsp3) is 0.500. The summed E-state index contributed by atoms with van der Waals surface area (Å²) in [6, 6.07) is 6.11. The van der Waals surface area contributed by atoms with Crippen LogP contribution in [0.3, 0.4) is 0 Å². The van der Waals surface area contributed by atoms with Gasteiger partial charge in [-0.2, -0.15) is 9.57 Å². The number of nitriles is 1. The number of hydrogen-bond acceptors (Lipinski definition) is 4. The van der Waals surface area contributed by atoms with Crippen molar-refractivity contribution in [2.75, 3.05) is 33.2 Å². The molecule has 0 amide bonds. The largest absolute Gasteiger partial charge is 0.302 e. The van der Waals surface area contributed by atoms with Crippen LogP contribution in [0.5, 0.6) is 0 Å². The van der Waals surface area contributed by atoms with Gasteiger partial charge in [0.05, 0.1) is 15.5 Å². The molecule has 114 valence electrons. The highest BCUT2D eigenvalue weighted by atomic mass is 35.5. The zero-order chi connectivity index (χ0) is 15.5. The first-order valence-electron chi connectivity index (χ1n) is 6.83. The third-order valence-corrected chi connectivity index (χ3v) is 5.86. The zero-order valence-electron chi connectivity index (χ0n) is 11.9. The average molecular weight is 328 g/mol. The van der Waals surface area contributed by atoms with E-state index in [1.807, 2.05) is 6.07 Å². The van der Waals surface area contributed by atoms with E-state index in [0.29, 0.717) is 6.54 Å². The summed E-state index contributed by atoms with van der Waals surface area (Å²) >= 11 is 5.91. The lowest BCUT2D eigenvalue weighted by Gasteiger charge is -2.21. The van der Waals surface area contributed by atoms with Gasteiger partial charge in [-0.05, 0) is 44.1 Å². The molecule has 1 fully saturated rings. The Morgan fingerprint density at radius 1 is 1.38 bits per heavy atom. The lowest BCUT2D eigenvalue weighted by atomic mass is 10.2. The summed E-state index contributed by atoms with van der Waals surface area (Å²) < 4.78 is 26.2. The van der Waals surface area contributed by atoms with Gasteiger partial charge in [-0.15, -0.1) is 0 Å². The number of benzene rings is 1. The summed E-state index contributed by atoms with van der Waals surface area (Å²) in [7, 11) is -2.00. The first kappa shape index (κ1) is 16.2. The van der Waals surface area contributed by atoms with Gasteiger partial charge in [-0.3, -0.25) is 0 Å². The minimum atomic E-state index is -3.57. The molecule has 0 bridgehead atoms. The minimum absolute atomic E-state index is 0.121. The zero-order valence-corrected chi connectivity index (χ0v) is 13.5. The van der Waals surface area contributed by atoms with Gasteiger partial charge < -0.3 is 4.90 Å². The van der Waals surface area contributed by atoms with Gasteiger partial charge in [0.1, 0.15) is 6.07 Å². The Hall–Kier alpha value is -1.13. The molecule has 21 heavy (non-hydrogen) atoms. The molecule has 1 aromatic carbocycles. The highest BCUT2D eigenvalue weighted by molar-refractivity contribution is 7.89. The van der Waals surface area contributed by atoms with E-state index in [0.717, 1.165) is 19.6 Å². The maximum absolute atomic E-state index is 12.5. The molecule has 2 rings (SSSR count). The van der Waals surface area contributed by atoms with E-state index in [4.69, 9.17) is 16.9 Å². The number of likely N-dealkylation sites (tertiary alicyclic amines) is 1. The first-order chi connectivity index (χ1) is 9.95. The lowest BCUT2D eigenvalue weighted by molar-refractivity contribution is 0.310. The summed E-state index contributed by atoms with van der Waals surface area (Å²) in [5, 5.41) is 8.99. The topological polar surface area (TPSA) is 64.4 Å². The van der Waals surface area contributed by atoms with Crippen LogP contribution in [0.2, 0.25) is 5.02 Å². The second kappa shape index (κ2) is 6.75. The third kappa shape index (κ3) is 3.74. The standard InChI is InChI=1S/C14H18ClN3O2S/c1-17(8-9-18-6-2-3-7-18)21(19,20)13-5-4-12(11-16)14(15)10-13/h4-5,10H,2-3,6-9H2,1H3. The number of nitrogens with zero attached hydrogens (tertiary/aromatic N) is 3. The molecule has 1 aromatic rings. The van der Waals surface area contributed by atoms with Gasteiger partial charge in [-0.25, -0.2) is 8.42 Å². The van der Waals surface area contributed by atoms with Crippen LogP contribution in [0.25, 0.3) is 0 Å². The van der Waals surface area contributed by atoms with Crippen molar-refractivity contribution in [1.82, 2.24) is 9.21 Å². The van der Waals surface area contributed by atoms with E-state index in [1.54, 1.807) is 7.05 Å². The van der Waals surface area contributed by atoms with Crippen molar-refractivity contribution in [2.45, 2.75) is 17.7 Å². The Kier molecular flexibility index (Phi) is 5.22. The van der Waals surface area contributed by atoms with Crippen LogP contribution in [0.4, 0.5) is 0 Å². The number of likely N-dealkylation sites (N-methyl/N-ethyl adjacent to an activating group) is 1. The second-order valence-electron chi connectivity index (χ2n) is 5.13. The van der Waals surface area contributed by atoms with E-state index >= 15 is 0 Å². The van der Waals surface area contributed by atoms with Gasteiger partial charge in [0, 0.05) is 20.1 Å². The van der Waals surface area contributed by atoms with Crippen LogP contribution < -0.4 is 0 Å². The Labute approximate surface area is 130 Å². The molecule has 0 N–H and O–H groups in total. The van der Waals surface area contributed by atoms with Crippen molar-refractivity contribution in [2.24, 2.45) is 0 Å². The summed E-state index contributed by atoms with van der Waals surface area (Å²) in [6.45, 7) is 3.26. The molecule has 1 saturated heterocycles. The predicted molar refractivity (Wildman–Crippen MR) is 81.7 cm³/mol. The van der Waals surface area contributed by atoms with E-state index in [2.05, 4.69) is 4.90 Å². The summed E-state index contributed by atoms with van der Waals surface area (Å²) in [4.78, 5) is 2.38. The summed E-state index contributed by atoms with van der Waals surface area (Å²) in [6.07, 6.45) is 2.36. The number of sulfonamides is 1. The Morgan fingerprint density at radius 2 is 2.05 bits per heavy atom. The van der Waals surface area contributed by atoms with Crippen LogP contribution in [-0.2, 0) is 10.0 Å². The van der Waals surface area contributed by atoms with E-state index in [9.17, 15) is 8.42 Å². The fourth-order valence-corrected chi connectivity index (χ4v) is 3.81. The molecule has 0 aromatic heterocycles. The Bertz CT molecular complexity index is 649. The van der Waals surface area contributed by atoms with Crippen molar-refractivity contribution >= 4 is 21.6 Å². The summed E-state index contributed by atoms with van der Waals surface area (Å²) in [5.74, 6) is 0. The van der Waals surface area contributed by atoms with Crippen LogP contribution in [0.15, 0.2) is 23.1 Å². The molecule has 0 spiro atoms. The van der Waals surface area contributed by atoms with E-state index < -0.39 is 10.0 Å². The van der Waals surface area contributed by atoms with Crippen molar-refractivity contribution in [3.63, 3.8) is 0 Å². The number of halogens is 1. The maximum atomic E-state index is 12.5. The van der Waals surface area contributed by atoms with Crippen molar-refractivity contribution in [3.05, 3.63) is 28.8 Å². The molecule has 0 aliphatic carbocycles. The van der Waals surface area contributed by atoms with Crippen molar-refractivity contribution in [3.8, 4) is 6.07 Å². The van der Waals surface area contributed by atoms with Gasteiger partial charge >= 0.3 is 0 Å². The van der Waals surface area contributed by atoms with Gasteiger partial charge in [0.25, 0.3) is 0 Å². The van der Waals surface area contributed by atoms with Crippen LogP contribution in [0, 0.1) is 11.3 Å². The van der Waals surface area contributed by atoms with Crippen LogP contribution in [0.1, 0.15) is 18.4 Å². The molecule has 1 aliphatic heterocycles. The number of rotatable bonds is 5. The Morgan fingerprint density at radius 3 is 2.62 bits per heavy atom. The quantitative estimate of drug-likeness (QED) is 0.829. The first-order valence-corrected chi connectivity index (χ1v) is 8.65. The number of hydrogen-bond donors (Lipinski definition) is 0. The monoisotopic (exact) mass is 327 g/mol. The van der Waals surface area contributed by atoms with Gasteiger partial charge in [-0.1, -0.05) is 11.6 Å². The molecule has 0 atom stereocenters. The molecular formula is C14H18ClN3O2S. The van der Waals surface area contributed by atoms with E-state index in [1.165, 1.54) is 35.3 Å². The second-order valence-corrected chi connectivity index (χ2v) is 7.58. The minimum Gasteiger partial charge on any atom is -0.302 e. The van der Waals surface area contributed by atoms with Gasteiger partial charge in [0.15, 0.2) is 0 Å². The molecule has 0 radical (unpaired) electrons. The van der Waals surface area contributed by atoms with Crippen molar-refractivity contribution < 1.29 is 8.42 Å². The van der Waals surface area contributed by atoms with Crippen LogP contribution in [-0.4, -0.2) is 50.8 Å². The molecular weight excluding hydrogens is 310 g/mol. The summed E-state index contributed by atoms with van der Waals surface area (Å²) in [5.41, 5.74) is 0.273. The average Bonchev–Trinajstić information content (AvgIpc) is 2.97. The molecule has 0 unspecified atom stereocenters. The van der Waals surface area contributed by atoms with Gasteiger partial charge in [0.2, 0.25) is 10.0 Å². The molecule has 5 nitrogen and oxygen atoms in total. The van der Waals surface area contributed by atoms with Crippen LogP contribution >= 0.6 is 11.6 Å². The molecule has 7 heteroatoms. The predicted octanol–water partition coefficient (Wildman–Crippen LogP) is 1.93. The SMILES string of the molecule is CN(CCN1CCCC1)S(=O)(=O)c1ccc(C#N)c(Cl)c1. The van der Waals surface area contributed by atoms with E-state index in [-0.39, 0.29) is 15.5 Å². The van der Waals surface area contributed by atoms with Crippen molar-refractivity contribution in [1.29, 1.82) is 5.26 Å². The fourth-order valence-electron chi connectivity index (χ4n) is 2.34. The molecule has 0 saturated carbocycles. The highest BCUT2D eigenvalue weighted by Gasteiger charge is 2.22. The smallest absolute Gasteiger partial charge is 0.242 e. The maximum Gasteiger partial charge on any atom is 0.242 e. The Balaban J connectivity index is 2.09. The third-order valence-electron chi connectivity index (χ3n) is 3.70. The molecule has 1 aliphatic rings. The highest BCUT2D eigenvalue weighted by Crippen LogP contribution is 2.22. The lowest BCUT2D eigenvalue weighted by Crippen LogP contribution is -2.35.